The minimum Gasteiger partial charge on any atom is -0.452 e. The van der Waals surface area contributed by atoms with Crippen LogP contribution < -0.4 is 5.46 Å². The van der Waals surface area contributed by atoms with Gasteiger partial charge in [-0.25, -0.2) is 0 Å². The Morgan fingerprint density at radius 2 is 1.15 bits per heavy atom. The maximum absolute atomic E-state index is 6.19. The summed E-state index contributed by atoms with van der Waals surface area (Å²) in [5.41, 5.74) is 6.31. The van der Waals surface area contributed by atoms with E-state index in [0.717, 1.165) is 49.3 Å². The summed E-state index contributed by atoms with van der Waals surface area (Å²) in [7, 11) is 5.95. The molecule has 0 N–H and O–H groups in total. The molecule has 0 aliphatic carbocycles. The quantitative estimate of drug-likeness (QED) is 0.345. The maximum atomic E-state index is 6.19. The van der Waals surface area contributed by atoms with E-state index in [0.29, 0.717) is 0 Å². The molecule has 0 amide bonds. The number of furan rings is 2. The van der Waals surface area contributed by atoms with Crippen molar-refractivity contribution in [2.45, 2.75) is 0 Å². The van der Waals surface area contributed by atoms with Crippen LogP contribution in [-0.2, 0) is 0 Å². The van der Waals surface area contributed by atoms with Crippen molar-refractivity contribution in [2.75, 3.05) is 0 Å². The fraction of sp³-hybridized carbons (Fsp3) is 0. The molecule has 0 bridgehead atoms. The van der Waals surface area contributed by atoms with Crippen molar-refractivity contribution in [3.8, 4) is 11.1 Å². The van der Waals surface area contributed by atoms with Crippen molar-refractivity contribution >= 4 is 57.2 Å². The lowest BCUT2D eigenvalue weighted by Crippen LogP contribution is -1.98. The molecule has 4 aromatic carbocycles. The summed E-state index contributed by atoms with van der Waals surface area (Å²) >= 11 is 0. The van der Waals surface area contributed by atoms with Crippen molar-refractivity contribution in [2.24, 2.45) is 0 Å². The zero-order valence-corrected chi connectivity index (χ0v) is 14.4. The highest BCUT2D eigenvalue weighted by Crippen LogP contribution is 2.39. The van der Waals surface area contributed by atoms with Gasteiger partial charge in [-0.3, -0.25) is 0 Å². The van der Waals surface area contributed by atoms with Crippen LogP contribution in [0.5, 0.6) is 0 Å². The molecule has 0 aliphatic heterocycles. The molecular weight excluding hydrogens is 331 g/mol. The zero-order chi connectivity index (χ0) is 18.0. The Morgan fingerprint density at radius 1 is 0.519 bits per heavy atom. The van der Waals surface area contributed by atoms with Crippen LogP contribution in [0.15, 0.2) is 87.7 Å². The van der Waals surface area contributed by atoms with Crippen LogP contribution >= 0.6 is 0 Å². The molecule has 0 spiro atoms. The molecule has 0 unspecified atom stereocenters. The second kappa shape index (κ2) is 5.27. The van der Waals surface area contributed by atoms with Gasteiger partial charge < -0.3 is 8.83 Å². The molecule has 2 radical (unpaired) electrons. The molecule has 3 heteroatoms. The molecule has 0 aliphatic rings. The lowest BCUT2D eigenvalue weighted by atomic mass is 9.94. The van der Waals surface area contributed by atoms with E-state index in [1.54, 1.807) is 0 Å². The summed E-state index contributed by atoms with van der Waals surface area (Å²) < 4.78 is 12.3. The fourth-order valence-electron chi connectivity index (χ4n) is 3.90. The lowest BCUT2D eigenvalue weighted by molar-refractivity contribution is 0.633. The Labute approximate surface area is 156 Å². The third-order valence-electron chi connectivity index (χ3n) is 5.21. The first-order chi connectivity index (χ1) is 13.3. The monoisotopic (exact) mass is 344 g/mol. The van der Waals surface area contributed by atoms with Crippen LogP contribution in [0.3, 0.4) is 0 Å². The van der Waals surface area contributed by atoms with Crippen molar-refractivity contribution < 1.29 is 8.83 Å². The van der Waals surface area contributed by atoms with Gasteiger partial charge in [0, 0.05) is 21.5 Å². The van der Waals surface area contributed by atoms with Gasteiger partial charge in [-0.05, 0) is 41.5 Å². The average Bonchev–Trinajstić information content (AvgIpc) is 3.26. The van der Waals surface area contributed by atoms with E-state index in [1.165, 1.54) is 11.1 Å². The molecule has 0 saturated carbocycles. The molecule has 2 nitrogen and oxygen atoms in total. The molecule has 6 aromatic rings. The van der Waals surface area contributed by atoms with Crippen molar-refractivity contribution in [3.05, 3.63) is 78.9 Å². The van der Waals surface area contributed by atoms with Crippen LogP contribution in [0.25, 0.3) is 55.0 Å². The summed E-state index contributed by atoms with van der Waals surface area (Å²) in [5, 5.41) is 4.18. The molecular formula is C24H13BO2. The summed E-state index contributed by atoms with van der Waals surface area (Å²) in [6, 6.07) is 26.6. The Balaban J connectivity index is 1.69. The Bertz CT molecular complexity index is 1470. The van der Waals surface area contributed by atoms with E-state index < -0.39 is 0 Å². The van der Waals surface area contributed by atoms with Gasteiger partial charge in [-0.2, -0.15) is 0 Å². The fourth-order valence-corrected chi connectivity index (χ4v) is 3.90. The minimum absolute atomic E-state index is 0.724. The first-order valence-corrected chi connectivity index (χ1v) is 8.90. The van der Waals surface area contributed by atoms with E-state index in [2.05, 4.69) is 48.5 Å². The number of benzene rings is 4. The largest absolute Gasteiger partial charge is 0.452 e. The Hall–Kier alpha value is -3.46. The van der Waals surface area contributed by atoms with Crippen LogP contribution in [0, 0.1) is 0 Å². The molecule has 0 atom stereocenters. The molecule has 6 rings (SSSR count). The van der Waals surface area contributed by atoms with E-state index in [4.69, 9.17) is 16.7 Å². The third kappa shape index (κ3) is 2.09. The first-order valence-electron chi connectivity index (χ1n) is 8.90. The van der Waals surface area contributed by atoms with Crippen LogP contribution in [0.4, 0.5) is 0 Å². The van der Waals surface area contributed by atoms with Crippen molar-refractivity contribution in [3.63, 3.8) is 0 Å². The van der Waals surface area contributed by atoms with Crippen LogP contribution in [0.1, 0.15) is 0 Å². The molecule has 27 heavy (non-hydrogen) atoms. The van der Waals surface area contributed by atoms with Crippen LogP contribution in [-0.4, -0.2) is 7.85 Å². The highest BCUT2D eigenvalue weighted by Gasteiger charge is 2.16. The van der Waals surface area contributed by atoms with Crippen molar-refractivity contribution in [1.29, 1.82) is 0 Å². The minimum atomic E-state index is 0.724. The molecule has 2 aromatic heterocycles. The zero-order valence-electron chi connectivity index (χ0n) is 14.4. The second-order valence-corrected chi connectivity index (χ2v) is 6.86. The number of rotatable bonds is 1. The Morgan fingerprint density at radius 3 is 1.85 bits per heavy atom. The molecule has 0 fully saturated rings. The van der Waals surface area contributed by atoms with E-state index >= 15 is 0 Å². The second-order valence-electron chi connectivity index (χ2n) is 6.86. The van der Waals surface area contributed by atoms with Crippen molar-refractivity contribution in [1.82, 2.24) is 0 Å². The lowest BCUT2D eigenvalue weighted by Gasteiger charge is -2.01. The van der Waals surface area contributed by atoms with E-state index in [1.807, 2.05) is 30.3 Å². The smallest absolute Gasteiger partial charge is 0.178 e. The van der Waals surface area contributed by atoms with Gasteiger partial charge in [0.25, 0.3) is 0 Å². The normalized spacial score (nSPS) is 11.9. The summed E-state index contributed by atoms with van der Waals surface area (Å²) in [4.78, 5) is 0. The van der Waals surface area contributed by atoms with Gasteiger partial charge in [0.05, 0.1) is 0 Å². The molecule has 124 valence electrons. The summed E-state index contributed by atoms with van der Waals surface area (Å²) in [6.07, 6.45) is 0. The highest BCUT2D eigenvalue weighted by molar-refractivity contribution is 6.34. The highest BCUT2D eigenvalue weighted by atomic mass is 16.4. The standard InChI is InChI=1S/C24H13BO2/c25-16-7-11-22-20(13-16)18-9-8-17-19-12-15(14-4-2-1-3-5-14)6-10-21(19)26-23(17)24(18)27-22/h1-13H. The Kier molecular flexibility index (Phi) is 2.87. The van der Waals surface area contributed by atoms with E-state index in [-0.39, 0.29) is 0 Å². The first kappa shape index (κ1) is 14.7. The topological polar surface area (TPSA) is 26.3 Å². The number of fused-ring (bicyclic) bond motifs is 7. The molecule has 2 heterocycles. The van der Waals surface area contributed by atoms with Gasteiger partial charge in [0.2, 0.25) is 0 Å². The van der Waals surface area contributed by atoms with Gasteiger partial charge in [0.1, 0.15) is 19.0 Å². The van der Waals surface area contributed by atoms with Gasteiger partial charge >= 0.3 is 0 Å². The van der Waals surface area contributed by atoms with Gasteiger partial charge in [-0.1, -0.05) is 54.0 Å². The summed E-state index contributed by atoms with van der Waals surface area (Å²) in [6.45, 7) is 0. The van der Waals surface area contributed by atoms with Gasteiger partial charge in [0.15, 0.2) is 11.2 Å². The van der Waals surface area contributed by atoms with E-state index in [9.17, 15) is 0 Å². The SMILES string of the molecule is [B]c1ccc2oc3c(ccc4c5cc(-c6ccccc6)ccc5oc43)c2c1. The third-order valence-corrected chi connectivity index (χ3v) is 5.21. The predicted octanol–water partition coefficient (Wildman–Crippen LogP) is 5.95. The average molecular weight is 344 g/mol. The van der Waals surface area contributed by atoms with Gasteiger partial charge in [-0.15, -0.1) is 0 Å². The number of hydrogen-bond acceptors (Lipinski definition) is 2. The maximum Gasteiger partial charge on any atom is 0.178 e. The summed E-state index contributed by atoms with van der Waals surface area (Å²) in [5.74, 6) is 0. The predicted molar refractivity (Wildman–Crippen MR) is 112 cm³/mol. The molecule has 0 saturated heterocycles. The number of hydrogen-bond donors (Lipinski definition) is 0. The van der Waals surface area contributed by atoms with Crippen LogP contribution in [0.2, 0.25) is 0 Å².